The molecule has 1 aromatic rings. The average molecular weight is 462 g/mol. The van der Waals surface area contributed by atoms with Crippen molar-refractivity contribution in [3.8, 4) is 0 Å². The van der Waals surface area contributed by atoms with Gasteiger partial charge in [-0.05, 0) is 24.7 Å². The Morgan fingerprint density at radius 1 is 1.38 bits per heavy atom. The number of aromatic nitrogens is 1. The predicted octanol–water partition coefficient (Wildman–Crippen LogP) is 4.27. The van der Waals surface area contributed by atoms with E-state index < -0.39 is 0 Å². The second-order valence-electron chi connectivity index (χ2n) is 7.43. The maximum absolute atomic E-state index is 4.71. The van der Waals surface area contributed by atoms with Crippen LogP contribution in [0, 0.1) is 5.41 Å². The minimum absolute atomic E-state index is 0. The Morgan fingerprint density at radius 2 is 2.12 bits per heavy atom. The van der Waals surface area contributed by atoms with Gasteiger partial charge in [-0.1, -0.05) is 26.7 Å². The summed E-state index contributed by atoms with van der Waals surface area (Å²) in [7, 11) is 1.90. The van der Waals surface area contributed by atoms with Crippen molar-refractivity contribution in [2.24, 2.45) is 10.4 Å². The predicted molar refractivity (Wildman–Crippen MR) is 114 cm³/mol. The van der Waals surface area contributed by atoms with E-state index in [4.69, 9.17) is 4.98 Å². The Labute approximate surface area is 167 Å². The minimum atomic E-state index is 0. The Balaban J connectivity index is 0.00000208. The fraction of sp³-hybridized carbons (Fsp3) is 0.778. The van der Waals surface area contributed by atoms with Crippen LogP contribution in [-0.4, -0.2) is 42.5 Å². The number of hydrogen-bond acceptors (Lipinski definition) is 3. The van der Waals surface area contributed by atoms with Crippen molar-refractivity contribution in [2.75, 3.05) is 26.7 Å². The Kier molecular flexibility index (Phi) is 7.34. The van der Waals surface area contributed by atoms with E-state index in [-0.39, 0.29) is 24.0 Å². The molecule has 1 aromatic heterocycles. The molecule has 136 valence electrons. The van der Waals surface area contributed by atoms with Crippen LogP contribution in [-0.2, 0) is 6.42 Å². The summed E-state index contributed by atoms with van der Waals surface area (Å²) in [5.74, 6) is 1.61. The van der Waals surface area contributed by atoms with E-state index in [9.17, 15) is 0 Å². The third-order valence-corrected chi connectivity index (χ3v) is 6.54. The van der Waals surface area contributed by atoms with E-state index >= 15 is 0 Å². The van der Waals surface area contributed by atoms with E-state index in [0.29, 0.717) is 11.3 Å². The lowest BCUT2D eigenvalue weighted by Crippen LogP contribution is -2.41. The number of likely N-dealkylation sites (tertiary alicyclic amines) is 1. The molecule has 4 nitrogen and oxygen atoms in total. The summed E-state index contributed by atoms with van der Waals surface area (Å²) < 4.78 is 0. The highest BCUT2D eigenvalue weighted by Gasteiger charge is 2.40. The fourth-order valence-corrected chi connectivity index (χ4v) is 4.86. The Hall–Kier alpha value is -0.370. The smallest absolute Gasteiger partial charge is 0.193 e. The molecule has 2 heterocycles. The van der Waals surface area contributed by atoms with Crippen molar-refractivity contribution >= 4 is 41.3 Å². The van der Waals surface area contributed by atoms with Crippen molar-refractivity contribution in [3.05, 3.63) is 16.1 Å². The van der Waals surface area contributed by atoms with Gasteiger partial charge >= 0.3 is 0 Å². The monoisotopic (exact) mass is 462 g/mol. The molecule has 0 aromatic carbocycles. The van der Waals surface area contributed by atoms with Crippen molar-refractivity contribution in [1.29, 1.82) is 0 Å². The fourth-order valence-electron chi connectivity index (χ4n) is 3.99. The zero-order valence-corrected chi connectivity index (χ0v) is 18.3. The summed E-state index contributed by atoms with van der Waals surface area (Å²) in [6.07, 6.45) is 7.98. The molecule has 0 atom stereocenters. The van der Waals surface area contributed by atoms with E-state index in [1.165, 1.54) is 49.4 Å². The zero-order valence-electron chi connectivity index (χ0n) is 15.2. The van der Waals surface area contributed by atoms with Gasteiger partial charge in [-0.3, -0.25) is 4.99 Å². The summed E-state index contributed by atoms with van der Waals surface area (Å²) in [6.45, 7) is 7.68. The van der Waals surface area contributed by atoms with Gasteiger partial charge in [0, 0.05) is 44.4 Å². The van der Waals surface area contributed by atoms with E-state index in [1.54, 1.807) is 11.3 Å². The molecule has 1 spiro atoms. The van der Waals surface area contributed by atoms with Crippen LogP contribution < -0.4 is 5.32 Å². The first kappa shape index (κ1) is 19.9. The second kappa shape index (κ2) is 8.83. The highest BCUT2D eigenvalue weighted by molar-refractivity contribution is 14.0. The van der Waals surface area contributed by atoms with Crippen molar-refractivity contribution < 1.29 is 0 Å². The highest BCUT2D eigenvalue weighted by atomic mass is 127. The molecule has 2 aliphatic rings. The molecule has 0 bridgehead atoms. The van der Waals surface area contributed by atoms with Gasteiger partial charge in [0.2, 0.25) is 0 Å². The summed E-state index contributed by atoms with van der Waals surface area (Å²) in [6, 6.07) is 0. The maximum atomic E-state index is 4.71. The molecule has 3 rings (SSSR count). The van der Waals surface area contributed by atoms with Gasteiger partial charge in [-0.25, -0.2) is 4.98 Å². The Morgan fingerprint density at radius 3 is 2.75 bits per heavy atom. The summed E-state index contributed by atoms with van der Waals surface area (Å²) in [5, 5.41) is 6.99. The first-order valence-corrected chi connectivity index (χ1v) is 9.90. The average Bonchev–Trinajstić information content (AvgIpc) is 3.26. The van der Waals surface area contributed by atoms with Crippen LogP contribution in [0.5, 0.6) is 0 Å². The van der Waals surface area contributed by atoms with Gasteiger partial charge in [0.15, 0.2) is 5.96 Å². The lowest BCUT2D eigenvalue weighted by atomic mass is 9.86. The minimum Gasteiger partial charge on any atom is -0.356 e. The number of halogens is 1. The Bertz CT molecular complexity index is 549. The first-order chi connectivity index (χ1) is 11.1. The molecule has 24 heavy (non-hydrogen) atoms. The topological polar surface area (TPSA) is 40.5 Å². The summed E-state index contributed by atoms with van der Waals surface area (Å²) in [4.78, 5) is 11.7. The molecule has 6 heteroatoms. The lowest BCUT2D eigenvalue weighted by Gasteiger charge is -2.25. The van der Waals surface area contributed by atoms with Gasteiger partial charge in [-0.2, -0.15) is 0 Å². The molecular weight excluding hydrogens is 431 g/mol. The van der Waals surface area contributed by atoms with Gasteiger partial charge in [-0.15, -0.1) is 35.3 Å². The summed E-state index contributed by atoms with van der Waals surface area (Å²) in [5.41, 5.74) is 1.80. The van der Waals surface area contributed by atoms with Crippen LogP contribution in [0.4, 0.5) is 0 Å². The molecule has 0 amide bonds. The van der Waals surface area contributed by atoms with Crippen molar-refractivity contribution in [3.63, 3.8) is 0 Å². The number of nitrogens with zero attached hydrogens (tertiary/aromatic N) is 3. The van der Waals surface area contributed by atoms with Crippen LogP contribution in [0.1, 0.15) is 62.6 Å². The number of aliphatic imine (C=N–C) groups is 1. The van der Waals surface area contributed by atoms with Crippen LogP contribution in [0.3, 0.4) is 0 Å². The molecule has 1 saturated heterocycles. The van der Waals surface area contributed by atoms with Crippen molar-refractivity contribution in [1.82, 2.24) is 15.2 Å². The van der Waals surface area contributed by atoms with Crippen molar-refractivity contribution in [2.45, 2.75) is 58.3 Å². The lowest BCUT2D eigenvalue weighted by molar-refractivity contribution is 0.309. The third kappa shape index (κ3) is 4.62. The SMILES string of the molecule is CN=C(NCCc1csc(C(C)C)n1)N1CCC2(CCCC2)C1.I. The van der Waals surface area contributed by atoms with Gasteiger partial charge in [0.1, 0.15) is 0 Å². The molecular formula is C18H31IN4S. The number of hydrogen-bond donors (Lipinski definition) is 1. The number of thiazole rings is 1. The normalized spacial score (nSPS) is 20.0. The molecule has 1 aliphatic carbocycles. The van der Waals surface area contributed by atoms with Crippen LogP contribution in [0.25, 0.3) is 0 Å². The molecule has 0 unspecified atom stereocenters. The highest BCUT2D eigenvalue weighted by Crippen LogP contribution is 2.45. The van der Waals surface area contributed by atoms with E-state index in [1.807, 2.05) is 7.05 Å². The molecule has 0 radical (unpaired) electrons. The van der Waals surface area contributed by atoms with Crippen LogP contribution >= 0.6 is 35.3 Å². The van der Waals surface area contributed by atoms with Gasteiger partial charge in [0.05, 0.1) is 10.7 Å². The van der Waals surface area contributed by atoms with Crippen LogP contribution in [0.15, 0.2) is 10.4 Å². The largest absolute Gasteiger partial charge is 0.356 e. The maximum Gasteiger partial charge on any atom is 0.193 e. The van der Waals surface area contributed by atoms with Crippen LogP contribution in [0.2, 0.25) is 0 Å². The quantitative estimate of drug-likeness (QED) is 0.413. The molecule has 2 fully saturated rings. The van der Waals surface area contributed by atoms with E-state index in [0.717, 1.165) is 25.5 Å². The summed E-state index contributed by atoms with van der Waals surface area (Å²) >= 11 is 1.78. The van der Waals surface area contributed by atoms with Gasteiger partial charge < -0.3 is 10.2 Å². The molecule has 1 N–H and O–H groups in total. The molecule has 1 saturated carbocycles. The first-order valence-electron chi connectivity index (χ1n) is 9.02. The third-order valence-electron chi connectivity index (χ3n) is 5.34. The number of guanidine groups is 1. The second-order valence-corrected chi connectivity index (χ2v) is 8.32. The zero-order chi connectivity index (χ0) is 16.3. The van der Waals surface area contributed by atoms with E-state index in [2.05, 4.69) is 34.4 Å². The molecule has 1 aliphatic heterocycles. The van der Waals surface area contributed by atoms with Gasteiger partial charge in [0.25, 0.3) is 0 Å². The number of rotatable bonds is 4. The standard InChI is InChI=1S/C18H30N4S.HI/c1-14(2)16-21-15(12-23-16)6-10-20-17(19-3)22-11-9-18(13-22)7-4-5-8-18;/h12,14H,4-11,13H2,1-3H3,(H,19,20);1H. The number of nitrogens with one attached hydrogen (secondary N) is 1.